The zero-order valence-electron chi connectivity index (χ0n) is 16.6. The highest BCUT2D eigenvalue weighted by Crippen LogP contribution is 2.38. The molecule has 154 valence electrons. The van der Waals surface area contributed by atoms with Crippen molar-refractivity contribution in [3.63, 3.8) is 0 Å². The van der Waals surface area contributed by atoms with E-state index in [4.69, 9.17) is 0 Å². The van der Waals surface area contributed by atoms with E-state index < -0.39 is 9.84 Å². The first-order valence-electron chi connectivity index (χ1n) is 9.39. The standard InChI is InChI=1S/C21H24N2O4S2/c1-4-18-21(25)22-17-9-8-16(13-19(17)28-18)29(26,27)11-10-20(24)23(3)15-7-5-6-14(2)12-15/h5-9,12-13,18H,4,10-11H2,1-3H3,(H,22,25). The smallest absolute Gasteiger partial charge is 0.237 e. The normalized spacial score (nSPS) is 16.1. The van der Waals surface area contributed by atoms with E-state index in [1.54, 1.807) is 19.2 Å². The summed E-state index contributed by atoms with van der Waals surface area (Å²) in [5.41, 5.74) is 2.39. The second kappa shape index (κ2) is 8.59. The van der Waals surface area contributed by atoms with Gasteiger partial charge in [-0.3, -0.25) is 9.59 Å². The average Bonchev–Trinajstić information content (AvgIpc) is 2.70. The summed E-state index contributed by atoms with van der Waals surface area (Å²) in [6, 6.07) is 12.2. The number of fused-ring (bicyclic) bond motifs is 1. The van der Waals surface area contributed by atoms with E-state index >= 15 is 0 Å². The number of hydrogen-bond acceptors (Lipinski definition) is 5. The summed E-state index contributed by atoms with van der Waals surface area (Å²) in [4.78, 5) is 26.8. The monoisotopic (exact) mass is 432 g/mol. The highest BCUT2D eigenvalue weighted by Gasteiger charge is 2.27. The third-order valence-corrected chi connectivity index (χ3v) is 7.99. The maximum Gasteiger partial charge on any atom is 0.237 e. The molecule has 3 rings (SSSR count). The van der Waals surface area contributed by atoms with E-state index in [0.29, 0.717) is 12.1 Å². The molecule has 1 N–H and O–H groups in total. The highest BCUT2D eigenvalue weighted by molar-refractivity contribution is 8.01. The van der Waals surface area contributed by atoms with E-state index in [9.17, 15) is 18.0 Å². The maximum absolute atomic E-state index is 12.8. The van der Waals surface area contributed by atoms with Crippen molar-refractivity contribution in [3.8, 4) is 0 Å². The molecule has 0 spiro atoms. The van der Waals surface area contributed by atoms with Crippen LogP contribution >= 0.6 is 11.8 Å². The minimum absolute atomic E-state index is 0.0645. The van der Waals surface area contributed by atoms with Gasteiger partial charge in [0.05, 0.1) is 21.6 Å². The number of carbonyl (C=O) groups excluding carboxylic acids is 2. The first kappa shape index (κ1) is 21.4. The lowest BCUT2D eigenvalue weighted by Gasteiger charge is -2.23. The second-order valence-corrected chi connectivity index (χ2v) is 10.4. The van der Waals surface area contributed by atoms with Crippen LogP contribution in [-0.4, -0.2) is 38.3 Å². The largest absolute Gasteiger partial charge is 0.324 e. The summed E-state index contributed by atoms with van der Waals surface area (Å²) >= 11 is 1.37. The predicted molar refractivity (Wildman–Crippen MR) is 116 cm³/mol. The van der Waals surface area contributed by atoms with Gasteiger partial charge in [0.25, 0.3) is 0 Å². The van der Waals surface area contributed by atoms with Crippen molar-refractivity contribution in [1.29, 1.82) is 0 Å². The first-order chi connectivity index (χ1) is 13.7. The molecule has 0 aliphatic carbocycles. The van der Waals surface area contributed by atoms with E-state index in [0.717, 1.165) is 16.1 Å². The van der Waals surface area contributed by atoms with E-state index in [-0.39, 0.29) is 34.1 Å². The van der Waals surface area contributed by atoms with Gasteiger partial charge in [0.15, 0.2) is 9.84 Å². The van der Waals surface area contributed by atoms with Gasteiger partial charge in [0.1, 0.15) is 0 Å². The number of thioether (sulfide) groups is 1. The number of sulfone groups is 1. The third kappa shape index (κ3) is 4.82. The van der Waals surface area contributed by atoms with E-state index in [2.05, 4.69) is 5.32 Å². The summed E-state index contributed by atoms with van der Waals surface area (Å²) in [6.07, 6.45) is 0.554. The minimum Gasteiger partial charge on any atom is -0.324 e. The fourth-order valence-electron chi connectivity index (χ4n) is 3.07. The van der Waals surface area contributed by atoms with Gasteiger partial charge in [-0.2, -0.15) is 0 Å². The molecule has 0 fully saturated rings. The van der Waals surface area contributed by atoms with Gasteiger partial charge in [0.2, 0.25) is 11.8 Å². The number of nitrogens with zero attached hydrogens (tertiary/aromatic N) is 1. The topological polar surface area (TPSA) is 83.6 Å². The molecule has 6 nitrogen and oxygen atoms in total. The van der Waals surface area contributed by atoms with Gasteiger partial charge >= 0.3 is 0 Å². The van der Waals surface area contributed by atoms with E-state index in [1.165, 1.54) is 22.7 Å². The number of rotatable bonds is 6. The Labute approximate surface area is 175 Å². The molecular formula is C21H24N2O4S2. The van der Waals surface area contributed by atoms with Crippen LogP contribution in [0.25, 0.3) is 0 Å². The van der Waals surface area contributed by atoms with Crippen molar-refractivity contribution in [1.82, 2.24) is 0 Å². The molecule has 1 atom stereocenters. The number of carbonyl (C=O) groups is 2. The Balaban J connectivity index is 1.71. The van der Waals surface area contributed by atoms with Crippen LogP contribution < -0.4 is 10.2 Å². The number of anilines is 2. The molecule has 1 aliphatic rings. The van der Waals surface area contributed by atoms with Crippen LogP contribution in [0.15, 0.2) is 52.3 Å². The van der Waals surface area contributed by atoms with Gasteiger partial charge in [-0.15, -0.1) is 11.8 Å². The molecular weight excluding hydrogens is 408 g/mol. The number of aryl methyl sites for hydroxylation is 1. The van der Waals surface area contributed by atoms with Gasteiger partial charge in [0, 0.05) is 24.1 Å². The van der Waals surface area contributed by atoms with Crippen LogP contribution in [0, 0.1) is 6.92 Å². The number of amides is 2. The molecule has 2 aromatic rings. The Morgan fingerprint density at radius 1 is 1.21 bits per heavy atom. The van der Waals surface area contributed by atoms with Crippen LogP contribution in [0.1, 0.15) is 25.3 Å². The summed E-state index contributed by atoms with van der Waals surface area (Å²) in [6.45, 7) is 3.85. The predicted octanol–water partition coefficient (Wildman–Crippen LogP) is 3.64. The van der Waals surface area contributed by atoms with Crippen LogP contribution in [0.5, 0.6) is 0 Å². The van der Waals surface area contributed by atoms with Gasteiger partial charge in [-0.05, 0) is 49.2 Å². The molecule has 2 amide bonds. The van der Waals surface area contributed by atoms with Crippen molar-refractivity contribution in [2.24, 2.45) is 0 Å². The van der Waals surface area contributed by atoms with Crippen molar-refractivity contribution < 1.29 is 18.0 Å². The molecule has 0 bridgehead atoms. The lowest BCUT2D eigenvalue weighted by Crippen LogP contribution is -2.29. The third-order valence-electron chi connectivity index (χ3n) is 4.85. The Kier molecular flexibility index (Phi) is 6.33. The Morgan fingerprint density at radius 3 is 2.66 bits per heavy atom. The van der Waals surface area contributed by atoms with Gasteiger partial charge in [-0.1, -0.05) is 19.1 Å². The SMILES string of the molecule is CCC1Sc2cc(S(=O)(=O)CCC(=O)N(C)c3cccc(C)c3)ccc2NC1=O. The molecule has 0 saturated heterocycles. The molecule has 1 aliphatic heterocycles. The summed E-state index contributed by atoms with van der Waals surface area (Å²) in [7, 11) is -1.98. The number of nitrogens with one attached hydrogen (secondary N) is 1. The lowest BCUT2D eigenvalue weighted by atomic mass is 10.2. The van der Waals surface area contributed by atoms with E-state index in [1.807, 2.05) is 38.1 Å². The van der Waals surface area contributed by atoms with Crippen molar-refractivity contribution in [3.05, 3.63) is 48.0 Å². The van der Waals surface area contributed by atoms with Gasteiger partial charge < -0.3 is 10.2 Å². The van der Waals surface area contributed by atoms with Crippen molar-refractivity contribution >= 4 is 44.8 Å². The quantitative estimate of drug-likeness (QED) is 0.753. The molecule has 1 heterocycles. The second-order valence-electron chi connectivity index (χ2n) is 7.02. The summed E-state index contributed by atoms with van der Waals surface area (Å²) in [5.74, 6) is -0.593. The Hall–Kier alpha value is -2.32. The highest BCUT2D eigenvalue weighted by atomic mass is 32.2. The maximum atomic E-state index is 12.8. The molecule has 29 heavy (non-hydrogen) atoms. The van der Waals surface area contributed by atoms with Crippen LogP contribution in [0.2, 0.25) is 0 Å². The van der Waals surface area contributed by atoms with Crippen LogP contribution in [0.4, 0.5) is 11.4 Å². The first-order valence-corrected chi connectivity index (χ1v) is 11.9. The van der Waals surface area contributed by atoms with Crippen molar-refractivity contribution in [2.45, 2.75) is 41.7 Å². The lowest BCUT2D eigenvalue weighted by molar-refractivity contribution is -0.118. The zero-order chi connectivity index (χ0) is 21.2. The zero-order valence-corrected chi connectivity index (χ0v) is 18.3. The molecule has 0 aromatic heterocycles. The summed E-state index contributed by atoms with van der Waals surface area (Å²) < 4.78 is 25.6. The molecule has 0 radical (unpaired) electrons. The molecule has 2 aromatic carbocycles. The van der Waals surface area contributed by atoms with Crippen LogP contribution in [0.3, 0.4) is 0 Å². The average molecular weight is 433 g/mol. The Morgan fingerprint density at radius 2 is 1.97 bits per heavy atom. The van der Waals surface area contributed by atoms with Crippen molar-refractivity contribution in [2.75, 3.05) is 23.0 Å². The summed E-state index contributed by atoms with van der Waals surface area (Å²) in [5, 5.41) is 2.58. The molecule has 0 saturated carbocycles. The van der Waals surface area contributed by atoms with Crippen LogP contribution in [-0.2, 0) is 19.4 Å². The number of benzene rings is 2. The molecule has 8 heteroatoms. The molecule has 1 unspecified atom stereocenters. The fraction of sp³-hybridized carbons (Fsp3) is 0.333. The van der Waals surface area contributed by atoms with Gasteiger partial charge in [-0.25, -0.2) is 8.42 Å². The minimum atomic E-state index is -3.62. The fourth-order valence-corrected chi connectivity index (χ4v) is 5.48. The number of hydrogen-bond donors (Lipinski definition) is 1. The Bertz CT molecular complexity index is 1050.